The molecule has 0 amide bonds. The van der Waals surface area contributed by atoms with Gasteiger partial charge in [0.2, 0.25) is 0 Å². The van der Waals surface area contributed by atoms with Crippen LogP contribution in [0.2, 0.25) is 0 Å². The lowest BCUT2D eigenvalue weighted by molar-refractivity contribution is -0.137. The maximum atomic E-state index is 11.8. The van der Waals surface area contributed by atoms with E-state index in [1.54, 1.807) is 0 Å². The molecular formula is C12H18IN3O2. The maximum Gasteiger partial charge on any atom is 0.337 e. The van der Waals surface area contributed by atoms with Crippen molar-refractivity contribution in [3.8, 4) is 0 Å². The minimum atomic E-state index is -0.273. The predicted molar refractivity (Wildman–Crippen MR) is 77.9 cm³/mol. The summed E-state index contributed by atoms with van der Waals surface area (Å²) in [4.78, 5) is 14.1. The Kier molecular flexibility index (Phi) is 4.63. The second kappa shape index (κ2) is 6.03. The molecule has 0 aromatic heterocycles. The fraction of sp³-hybridized carbons (Fsp3) is 0.583. The molecule has 2 aliphatic heterocycles. The molecule has 1 fully saturated rings. The second-order valence-corrected chi connectivity index (χ2v) is 5.81. The highest BCUT2D eigenvalue weighted by atomic mass is 127. The number of rotatable bonds is 2. The molecule has 0 saturated carbocycles. The molecule has 2 heterocycles. The number of piperidine rings is 1. The van der Waals surface area contributed by atoms with Crippen LogP contribution >= 0.6 is 22.6 Å². The van der Waals surface area contributed by atoms with Gasteiger partial charge in [-0.3, -0.25) is 4.90 Å². The quantitative estimate of drug-likeness (QED) is 0.559. The summed E-state index contributed by atoms with van der Waals surface area (Å²) in [6, 6.07) is 0.283. The third kappa shape index (κ3) is 3.04. The number of halogens is 1. The number of dihydropyridines is 1. The first-order valence-electron chi connectivity index (χ1n) is 6.03. The number of ether oxygens (including phenoxy) is 1. The molecule has 0 aromatic carbocycles. The lowest BCUT2D eigenvalue weighted by Gasteiger charge is -2.38. The number of nitrogens with one attached hydrogen (secondary N) is 1. The number of hydrogen-bond donors (Lipinski definition) is 2. The van der Waals surface area contributed by atoms with Crippen molar-refractivity contribution in [2.45, 2.75) is 25.0 Å². The van der Waals surface area contributed by atoms with Gasteiger partial charge in [-0.05, 0) is 41.5 Å². The second-order valence-electron chi connectivity index (χ2n) is 4.56. The molecule has 18 heavy (non-hydrogen) atoms. The number of nitrogens with zero attached hydrogens (tertiary/aromatic N) is 1. The van der Waals surface area contributed by atoms with Gasteiger partial charge in [0.25, 0.3) is 0 Å². The molecule has 1 saturated heterocycles. The highest BCUT2D eigenvalue weighted by Gasteiger charge is 2.31. The fourth-order valence-corrected chi connectivity index (χ4v) is 2.80. The minimum absolute atomic E-state index is 0.0940. The SMILES string of the molecule is COC(=O)C1=CC(I)=CNC1N1CCC(N)CC1. The van der Waals surface area contributed by atoms with Crippen molar-refractivity contribution in [1.29, 1.82) is 0 Å². The molecule has 6 heteroatoms. The van der Waals surface area contributed by atoms with Crippen LogP contribution in [0.4, 0.5) is 0 Å². The number of nitrogens with two attached hydrogens (primary N) is 1. The van der Waals surface area contributed by atoms with Gasteiger partial charge in [-0.2, -0.15) is 0 Å². The summed E-state index contributed by atoms with van der Waals surface area (Å²) >= 11 is 2.18. The van der Waals surface area contributed by atoms with Gasteiger partial charge in [0.15, 0.2) is 0 Å². The molecular weight excluding hydrogens is 345 g/mol. The third-order valence-corrected chi connectivity index (χ3v) is 3.95. The molecule has 0 radical (unpaired) electrons. The van der Waals surface area contributed by atoms with Crippen LogP contribution in [-0.2, 0) is 9.53 Å². The normalized spacial score (nSPS) is 26.1. The molecule has 0 aromatic rings. The van der Waals surface area contributed by atoms with Crippen molar-refractivity contribution in [3.05, 3.63) is 21.4 Å². The van der Waals surface area contributed by atoms with E-state index in [1.807, 2.05) is 12.3 Å². The molecule has 0 bridgehead atoms. The Morgan fingerprint density at radius 2 is 2.22 bits per heavy atom. The van der Waals surface area contributed by atoms with Crippen LogP contribution in [-0.4, -0.2) is 43.3 Å². The number of hydrogen-bond acceptors (Lipinski definition) is 5. The Hall–Kier alpha value is -0.600. The van der Waals surface area contributed by atoms with Gasteiger partial charge in [0.05, 0.1) is 12.7 Å². The molecule has 1 unspecified atom stereocenters. The highest BCUT2D eigenvalue weighted by Crippen LogP contribution is 2.23. The summed E-state index contributed by atoms with van der Waals surface area (Å²) in [5.74, 6) is -0.273. The van der Waals surface area contributed by atoms with Crippen molar-refractivity contribution < 1.29 is 9.53 Å². The Labute approximate surface area is 121 Å². The standard InChI is InChI=1S/C12H18IN3O2/c1-18-12(17)10-6-8(13)7-15-11(10)16-4-2-9(14)3-5-16/h6-7,9,11,15H,2-5,14H2,1H3. The number of carbonyl (C=O) groups is 1. The average Bonchev–Trinajstić information content (AvgIpc) is 2.39. The van der Waals surface area contributed by atoms with Gasteiger partial charge in [-0.25, -0.2) is 4.79 Å². The Morgan fingerprint density at radius 1 is 1.56 bits per heavy atom. The van der Waals surface area contributed by atoms with Crippen LogP contribution in [0.3, 0.4) is 0 Å². The first-order chi connectivity index (χ1) is 8.61. The number of esters is 1. The zero-order valence-electron chi connectivity index (χ0n) is 10.4. The lowest BCUT2D eigenvalue weighted by Crippen LogP contribution is -2.52. The van der Waals surface area contributed by atoms with E-state index in [0.717, 1.165) is 29.5 Å². The van der Waals surface area contributed by atoms with Crippen molar-refractivity contribution in [2.24, 2.45) is 5.73 Å². The smallest absolute Gasteiger partial charge is 0.337 e. The Morgan fingerprint density at radius 3 is 2.83 bits per heavy atom. The molecule has 1 atom stereocenters. The summed E-state index contributed by atoms with van der Waals surface area (Å²) in [6.07, 6.45) is 5.64. The fourth-order valence-electron chi connectivity index (χ4n) is 2.29. The van der Waals surface area contributed by atoms with Crippen molar-refractivity contribution >= 4 is 28.6 Å². The summed E-state index contributed by atoms with van der Waals surface area (Å²) in [7, 11) is 1.41. The van der Waals surface area contributed by atoms with Crippen LogP contribution in [0.1, 0.15) is 12.8 Å². The van der Waals surface area contributed by atoms with E-state index in [2.05, 4.69) is 32.8 Å². The summed E-state index contributed by atoms with van der Waals surface area (Å²) in [5.41, 5.74) is 6.57. The average molecular weight is 363 g/mol. The minimum Gasteiger partial charge on any atom is -0.466 e. The van der Waals surface area contributed by atoms with E-state index in [9.17, 15) is 4.79 Å². The van der Waals surface area contributed by atoms with Crippen LogP contribution in [0, 0.1) is 0 Å². The van der Waals surface area contributed by atoms with Gasteiger partial charge < -0.3 is 15.8 Å². The summed E-state index contributed by atoms with van der Waals surface area (Å²) < 4.78 is 5.85. The monoisotopic (exact) mass is 363 g/mol. The first-order valence-corrected chi connectivity index (χ1v) is 7.11. The van der Waals surface area contributed by atoms with Gasteiger partial charge >= 0.3 is 5.97 Å². The predicted octanol–water partition coefficient (Wildman–Crippen LogP) is 0.715. The van der Waals surface area contributed by atoms with E-state index in [-0.39, 0.29) is 18.2 Å². The van der Waals surface area contributed by atoms with Crippen molar-refractivity contribution in [1.82, 2.24) is 10.2 Å². The molecule has 2 rings (SSSR count). The molecule has 2 aliphatic rings. The summed E-state index contributed by atoms with van der Waals surface area (Å²) in [6.45, 7) is 1.80. The maximum absolute atomic E-state index is 11.8. The molecule has 0 spiro atoms. The number of methoxy groups -OCH3 is 1. The van der Waals surface area contributed by atoms with Crippen molar-refractivity contribution in [3.63, 3.8) is 0 Å². The Bertz CT molecular complexity index is 387. The Balaban J connectivity index is 2.12. The molecule has 100 valence electrons. The van der Waals surface area contributed by atoms with E-state index in [4.69, 9.17) is 10.5 Å². The largest absolute Gasteiger partial charge is 0.466 e. The summed E-state index contributed by atoms with van der Waals surface area (Å²) in [5, 5.41) is 3.27. The van der Waals surface area contributed by atoms with Gasteiger partial charge in [0, 0.05) is 28.9 Å². The topological polar surface area (TPSA) is 67.6 Å². The van der Waals surface area contributed by atoms with E-state index in [1.165, 1.54) is 7.11 Å². The van der Waals surface area contributed by atoms with Gasteiger partial charge in [-0.15, -0.1) is 0 Å². The van der Waals surface area contributed by atoms with E-state index >= 15 is 0 Å². The molecule has 0 aliphatic carbocycles. The van der Waals surface area contributed by atoms with Crippen LogP contribution in [0.5, 0.6) is 0 Å². The van der Waals surface area contributed by atoms with Crippen LogP contribution < -0.4 is 11.1 Å². The lowest BCUT2D eigenvalue weighted by atomic mass is 10.0. The molecule has 5 nitrogen and oxygen atoms in total. The van der Waals surface area contributed by atoms with Crippen LogP contribution in [0.15, 0.2) is 21.4 Å². The van der Waals surface area contributed by atoms with Gasteiger partial charge in [-0.1, -0.05) is 0 Å². The molecule has 3 N–H and O–H groups in total. The third-order valence-electron chi connectivity index (χ3n) is 3.33. The zero-order chi connectivity index (χ0) is 13.1. The number of carbonyl (C=O) groups excluding carboxylic acids is 1. The van der Waals surface area contributed by atoms with E-state index < -0.39 is 0 Å². The van der Waals surface area contributed by atoms with Crippen LogP contribution in [0.25, 0.3) is 0 Å². The first kappa shape index (κ1) is 13.8. The zero-order valence-corrected chi connectivity index (χ0v) is 12.5. The highest BCUT2D eigenvalue weighted by molar-refractivity contribution is 14.1. The number of allylic oxidation sites excluding steroid dienone is 2. The van der Waals surface area contributed by atoms with Crippen molar-refractivity contribution in [2.75, 3.05) is 20.2 Å². The van der Waals surface area contributed by atoms with E-state index in [0.29, 0.717) is 5.57 Å². The van der Waals surface area contributed by atoms with Gasteiger partial charge in [0.1, 0.15) is 6.17 Å². The number of likely N-dealkylation sites (tertiary alicyclic amines) is 1.